The van der Waals surface area contributed by atoms with E-state index in [4.69, 9.17) is 4.98 Å². The first-order chi connectivity index (χ1) is 13.1. The highest BCUT2D eigenvalue weighted by Crippen LogP contribution is 2.23. The molecule has 1 aliphatic rings. The topological polar surface area (TPSA) is 80.1 Å². The molecular weight excluding hydrogens is 342 g/mol. The lowest BCUT2D eigenvalue weighted by Crippen LogP contribution is -2.28. The van der Waals surface area contributed by atoms with Gasteiger partial charge in [-0.05, 0) is 30.7 Å². The first-order valence-corrected chi connectivity index (χ1v) is 9.08. The van der Waals surface area contributed by atoms with E-state index in [2.05, 4.69) is 10.3 Å². The van der Waals surface area contributed by atoms with E-state index >= 15 is 0 Å². The van der Waals surface area contributed by atoms with Crippen LogP contribution in [0.2, 0.25) is 0 Å². The second-order valence-electron chi connectivity index (χ2n) is 6.71. The van der Waals surface area contributed by atoms with Crippen molar-refractivity contribution >= 4 is 28.4 Å². The number of nitrogens with zero attached hydrogens (tertiary/aromatic N) is 4. The summed E-state index contributed by atoms with van der Waals surface area (Å²) in [6.07, 6.45) is 5.28. The molecule has 138 valence electrons. The van der Waals surface area contributed by atoms with Crippen LogP contribution in [0.4, 0.5) is 5.69 Å². The maximum absolute atomic E-state index is 11.8. The zero-order valence-corrected chi connectivity index (χ0v) is 15.2. The number of rotatable bonds is 5. The lowest BCUT2D eigenvalue weighted by molar-refractivity contribution is -0.127. The number of carbonyl (C=O) groups excluding carboxylic acids is 2. The zero-order valence-electron chi connectivity index (χ0n) is 15.2. The molecule has 1 aromatic carbocycles. The summed E-state index contributed by atoms with van der Waals surface area (Å²) in [6, 6.07) is 9.54. The first kappa shape index (κ1) is 17.2. The van der Waals surface area contributed by atoms with E-state index in [0.29, 0.717) is 19.5 Å². The zero-order chi connectivity index (χ0) is 18.8. The molecule has 0 atom stereocenters. The van der Waals surface area contributed by atoms with Crippen LogP contribution in [0.25, 0.3) is 22.4 Å². The molecule has 0 spiro atoms. The predicted molar refractivity (Wildman–Crippen MR) is 103 cm³/mol. The summed E-state index contributed by atoms with van der Waals surface area (Å²) in [5.74, 6) is 0.919. The van der Waals surface area contributed by atoms with E-state index in [1.54, 1.807) is 6.20 Å². The third-order valence-electron chi connectivity index (χ3n) is 4.74. The fourth-order valence-electron chi connectivity index (χ4n) is 3.42. The van der Waals surface area contributed by atoms with Crippen molar-refractivity contribution in [3.05, 3.63) is 42.7 Å². The van der Waals surface area contributed by atoms with E-state index in [1.807, 2.05) is 46.0 Å². The molecule has 1 N–H and O–H groups in total. The van der Waals surface area contributed by atoms with E-state index in [1.165, 1.54) is 6.92 Å². The number of benzene rings is 1. The van der Waals surface area contributed by atoms with Crippen molar-refractivity contribution in [2.24, 2.45) is 0 Å². The van der Waals surface area contributed by atoms with E-state index in [-0.39, 0.29) is 11.8 Å². The number of likely N-dealkylation sites (tertiary alicyclic amines) is 1. The maximum Gasteiger partial charge on any atom is 0.222 e. The van der Waals surface area contributed by atoms with Crippen LogP contribution in [-0.4, -0.2) is 44.3 Å². The SMILES string of the molecule is CC(=O)Nc1ccc2nc(-c3nccn3CCN3CCCC3=O)ccc2c1. The Morgan fingerprint density at radius 3 is 2.89 bits per heavy atom. The first-order valence-electron chi connectivity index (χ1n) is 9.08. The Balaban J connectivity index is 1.56. The van der Waals surface area contributed by atoms with Gasteiger partial charge in [-0.3, -0.25) is 9.59 Å². The molecule has 4 rings (SSSR count). The lowest BCUT2D eigenvalue weighted by atomic mass is 10.1. The van der Waals surface area contributed by atoms with Gasteiger partial charge >= 0.3 is 0 Å². The number of imidazole rings is 1. The van der Waals surface area contributed by atoms with Crippen LogP contribution in [0.1, 0.15) is 19.8 Å². The second kappa shape index (κ2) is 7.19. The molecule has 0 unspecified atom stereocenters. The summed E-state index contributed by atoms with van der Waals surface area (Å²) in [7, 11) is 0. The molecule has 3 heterocycles. The molecule has 7 heteroatoms. The maximum atomic E-state index is 11.8. The predicted octanol–water partition coefficient (Wildman–Crippen LogP) is 2.68. The van der Waals surface area contributed by atoms with Gasteiger partial charge in [-0.25, -0.2) is 9.97 Å². The van der Waals surface area contributed by atoms with Gasteiger partial charge in [0.15, 0.2) is 5.82 Å². The summed E-state index contributed by atoms with van der Waals surface area (Å²) in [5.41, 5.74) is 2.37. The average Bonchev–Trinajstić information content (AvgIpc) is 3.27. The number of fused-ring (bicyclic) bond motifs is 1. The van der Waals surface area contributed by atoms with Crippen molar-refractivity contribution in [3.8, 4) is 11.5 Å². The number of aromatic nitrogens is 3. The fourth-order valence-corrected chi connectivity index (χ4v) is 3.42. The van der Waals surface area contributed by atoms with Crippen LogP contribution >= 0.6 is 0 Å². The van der Waals surface area contributed by atoms with Gasteiger partial charge in [0, 0.05) is 56.4 Å². The summed E-state index contributed by atoms with van der Waals surface area (Å²) in [5, 5.41) is 3.73. The third kappa shape index (κ3) is 3.67. The molecule has 0 bridgehead atoms. The van der Waals surface area contributed by atoms with Crippen LogP contribution in [0.5, 0.6) is 0 Å². The summed E-state index contributed by atoms with van der Waals surface area (Å²) < 4.78 is 2.03. The minimum absolute atomic E-state index is 0.0996. The summed E-state index contributed by atoms with van der Waals surface area (Å²) >= 11 is 0. The molecule has 2 aromatic heterocycles. The molecule has 7 nitrogen and oxygen atoms in total. The normalized spacial score (nSPS) is 14.1. The van der Waals surface area contributed by atoms with Gasteiger partial charge in [-0.15, -0.1) is 0 Å². The van der Waals surface area contributed by atoms with Crippen molar-refractivity contribution in [2.75, 3.05) is 18.4 Å². The Hall–Kier alpha value is -3.22. The molecule has 0 radical (unpaired) electrons. The van der Waals surface area contributed by atoms with Crippen molar-refractivity contribution < 1.29 is 9.59 Å². The van der Waals surface area contributed by atoms with Gasteiger partial charge in [-0.1, -0.05) is 6.07 Å². The summed E-state index contributed by atoms with van der Waals surface area (Å²) in [4.78, 5) is 34.1. The Bertz CT molecular complexity index is 1010. The Morgan fingerprint density at radius 2 is 2.11 bits per heavy atom. The monoisotopic (exact) mass is 363 g/mol. The number of nitrogens with one attached hydrogen (secondary N) is 1. The van der Waals surface area contributed by atoms with Crippen LogP contribution in [0.15, 0.2) is 42.7 Å². The lowest BCUT2D eigenvalue weighted by Gasteiger charge is -2.16. The van der Waals surface area contributed by atoms with Gasteiger partial charge in [0.2, 0.25) is 11.8 Å². The number of pyridine rings is 1. The number of amides is 2. The van der Waals surface area contributed by atoms with Gasteiger partial charge in [0.1, 0.15) is 5.69 Å². The molecule has 1 fully saturated rings. The van der Waals surface area contributed by atoms with Gasteiger partial charge < -0.3 is 14.8 Å². The van der Waals surface area contributed by atoms with Crippen molar-refractivity contribution in [1.82, 2.24) is 19.4 Å². The highest BCUT2D eigenvalue weighted by atomic mass is 16.2. The second-order valence-corrected chi connectivity index (χ2v) is 6.71. The molecule has 2 amide bonds. The van der Waals surface area contributed by atoms with E-state index in [9.17, 15) is 9.59 Å². The Morgan fingerprint density at radius 1 is 1.22 bits per heavy atom. The molecule has 1 aliphatic heterocycles. The minimum atomic E-state index is -0.0996. The molecule has 0 aliphatic carbocycles. The fraction of sp³-hybridized carbons (Fsp3) is 0.300. The summed E-state index contributed by atoms with van der Waals surface area (Å²) in [6.45, 7) is 3.72. The number of hydrogen-bond donors (Lipinski definition) is 1. The minimum Gasteiger partial charge on any atom is -0.341 e. The van der Waals surface area contributed by atoms with E-state index < -0.39 is 0 Å². The largest absolute Gasteiger partial charge is 0.341 e. The molecule has 1 saturated heterocycles. The van der Waals surface area contributed by atoms with E-state index in [0.717, 1.165) is 41.1 Å². The van der Waals surface area contributed by atoms with Crippen LogP contribution in [0, 0.1) is 0 Å². The van der Waals surface area contributed by atoms with Crippen molar-refractivity contribution in [2.45, 2.75) is 26.3 Å². The van der Waals surface area contributed by atoms with Crippen LogP contribution in [-0.2, 0) is 16.1 Å². The Kier molecular flexibility index (Phi) is 4.58. The smallest absolute Gasteiger partial charge is 0.222 e. The molecule has 3 aromatic rings. The van der Waals surface area contributed by atoms with Crippen molar-refractivity contribution in [1.29, 1.82) is 0 Å². The van der Waals surface area contributed by atoms with Crippen LogP contribution < -0.4 is 5.32 Å². The van der Waals surface area contributed by atoms with Crippen molar-refractivity contribution in [3.63, 3.8) is 0 Å². The molecule has 0 saturated carbocycles. The highest BCUT2D eigenvalue weighted by Gasteiger charge is 2.20. The third-order valence-corrected chi connectivity index (χ3v) is 4.74. The van der Waals surface area contributed by atoms with Crippen LogP contribution in [0.3, 0.4) is 0 Å². The van der Waals surface area contributed by atoms with Gasteiger partial charge in [-0.2, -0.15) is 0 Å². The van der Waals surface area contributed by atoms with Gasteiger partial charge in [0.05, 0.1) is 5.52 Å². The molecule has 27 heavy (non-hydrogen) atoms. The van der Waals surface area contributed by atoms with Gasteiger partial charge in [0.25, 0.3) is 0 Å². The number of anilines is 1. The quantitative estimate of drug-likeness (QED) is 0.756. The number of hydrogen-bond acceptors (Lipinski definition) is 4. The highest BCUT2D eigenvalue weighted by molar-refractivity contribution is 5.92. The standard InChI is InChI=1S/C20H21N5O2/c1-14(26)22-16-5-7-17-15(13-16)4-6-18(23-17)20-21-8-10-25(20)12-11-24-9-2-3-19(24)27/h4-8,10,13H,2-3,9,11-12H2,1H3,(H,22,26). The Labute approximate surface area is 157 Å². The molecular formula is C20H21N5O2. The average molecular weight is 363 g/mol. The number of carbonyl (C=O) groups is 2.